The van der Waals surface area contributed by atoms with Gasteiger partial charge in [0.05, 0.1) is 17.4 Å². The lowest BCUT2D eigenvalue weighted by Gasteiger charge is -2.31. The summed E-state index contributed by atoms with van der Waals surface area (Å²) in [5, 5.41) is 25.6. The number of rotatable bonds is 8. The van der Waals surface area contributed by atoms with Crippen molar-refractivity contribution in [1.29, 1.82) is 0 Å². The van der Waals surface area contributed by atoms with Crippen LogP contribution in [-0.4, -0.2) is 62.9 Å². The van der Waals surface area contributed by atoms with Gasteiger partial charge in [0.15, 0.2) is 6.17 Å². The summed E-state index contributed by atoms with van der Waals surface area (Å²) in [5.74, 6) is -6.11. The number of carboxylic acid groups (broad SMARTS) is 1. The molecule has 0 radical (unpaired) electrons. The maximum Gasteiger partial charge on any atom is 0.323 e. The lowest BCUT2D eigenvalue weighted by atomic mass is 10.0. The number of aliphatic carboxylic acids is 1. The van der Waals surface area contributed by atoms with Crippen LogP contribution in [0.25, 0.3) is 0 Å². The van der Waals surface area contributed by atoms with Gasteiger partial charge in [-0.3, -0.25) is 29.4 Å². The van der Waals surface area contributed by atoms with Gasteiger partial charge in [-0.15, -0.1) is 0 Å². The van der Waals surface area contributed by atoms with Crippen LogP contribution in [0.15, 0.2) is 66.7 Å². The maximum absolute atomic E-state index is 13.9. The first-order chi connectivity index (χ1) is 19.9. The zero-order valence-electron chi connectivity index (χ0n) is 21.5. The normalized spacial score (nSPS) is 15.2. The van der Waals surface area contributed by atoms with Gasteiger partial charge in [-0.2, -0.15) is 0 Å². The number of urea groups is 1. The summed E-state index contributed by atoms with van der Waals surface area (Å²) in [4.78, 5) is 64.1. The van der Waals surface area contributed by atoms with E-state index in [1.54, 1.807) is 0 Å². The third-order valence-electron chi connectivity index (χ3n) is 6.31. The number of benzene rings is 3. The molecular formula is C27H22F3N5O7. The molecule has 0 saturated carbocycles. The number of nitro benzene ring substituents is 1. The zero-order valence-corrected chi connectivity index (χ0v) is 21.5. The van der Waals surface area contributed by atoms with Crippen LogP contribution in [0.4, 0.5) is 29.3 Å². The molecule has 1 aliphatic heterocycles. The summed E-state index contributed by atoms with van der Waals surface area (Å²) in [6.45, 7) is -0.485. The Kier molecular flexibility index (Phi) is 8.69. The van der Waals surface area contributed by atoms with Gasteiger partial charge in [-0.05, 0) is 42.0 Å². The number of halogens is 3. The van der Waals surface area contributed by atoms with Gasteiger partial charge in [0.1, 0.15) is 17.5 Å². The van der Waals surface area contributed by atoms with Gasteiger partial charge < -0.3 is 20.6 Å². The quantitative estimate of drug-likeness (QED) is 0.268. The summed E-state index contributed by atoms with van der Waals surface area (Å²) in [7, 11) is 0. The fourth-order valence-corrected chi connectivity index (χ4v) is 4.44. The number of anilines is 1. The van der Waals surface area contributed by atoms with E-state index in [1.165, 1.54) is 30.3 Å². The minimum atomic E-state index is -1.74. The SMILES string of the molecule is O=C(O)CC(NC(=O)C1N(C(=O)Nc2ccc(F)cc2)CCN1C(=O)c1cc(F)cc(F)c1)c1cccc([N+](=O)[O-])c1. The van der Waals surface area contributed by atoms with Crippen molar-refractivity contribution in [2.24, 2.45) is 0 Å². The van der Waals surface area contributed by atoms with Crippen molar-refractivity contribution < 1.29 is 42.4 Å². The summed E-state index contributed by atoms with van der Waals surface area (Å²) in [6, 6.07) is 9.35. The highest BCUT2D eigenvalue weighted by Gasteiger charge is 2.44. The van der Waals surface area contributed by atoms with Gasteiger partial charge in [0.25, 0.3) is 17.5 Å². The molecule has 0 aromatic heterocycles. The number of nitrogens with one attached hydrogen (secondary N) is 2. The number of nitro groups is 1. The molecule has 1 aliphatic rings. The molecule has 2 atom stereocenters. The number of hydrogen-bond donors (Lipinski definition) is 3. The average molecular weight is 585 g/mol. The molecule has 0 bridgehead atoms. The third-order valence-corrected chi connectivity index (χ3v) is 6.31. The Morgan fingerprint density at radius 1 is 0.929 bits per heavy atom. The van der Waals surface area contributed by atoms with Crippen LogP contribution >= 0.6 is 0 Å². The van der Waals surface area contributed by atoms with Crippen LogP contribution in [0.2, 0.25) is 0 Å². The van der Waals surface area contributed by atoms with Crippen LogP contribution in [0, 0.1) is 27.6 Å². The highest BCUT2D eigenvalue weighted by atomic mass is 19.1. The highest BCUT2D eigenvalue weighted by Crippen LogP contribution is 2.25. The third kappa shape index (κ3) is 6.80. The van der Waals surface area contributed by atoms with Crippen LogP contribution < -0.4 is 10.6 Å². The minimum absolute atomic E-state index is 0.0605. The fourth-order valence-electron chi connectivity index (χ4n) is 4.44. The minimum Gasteiger partial charge on any atom is -0.481 e. The monoisotopic (exact) mass is 585 g/mol. The molecule has 4 amide bonds. The molecule has 42 heavy (non-hydrogen) atoms. The number of carboxylic acids is 1. The molecule has 2 unspecified atom stereocenters. The van der Waals surface area contributed by atoms with Crippen molar-refractivity contribution in [2.75, 3.05) is 18.4 Å². The van der Waals surface area contributed by atoms with Crippen molar-refractivity contribution in [3.63, 3.8) is 0 Å². The van der Waals surface area contributed by atoms with E-state index in [-0.39, 0.29) is 30.0 Å². The molecule has 3 N–H and O–H groups in total. The number of hydrogen-bond acceptors (Lipinski definition) is 6. The first-order valence-corrected chi connectivity index (χ1v) is 12.3. The molecule has 1 fully saturated rings. The van der Waals surface area contributed by atoms with Crippen molar-refractivity contribution in [2.45, 2.75) is 18.6 Å². The Balaban J connectivity index is 1.68. The van der Waals surface area contributed by atoms with E-state index < -0.39 is 70.4 Å². The topological polar surface area (TPSA) is 162 Å². The molecule has 15 heteroatoms. The van der Waals surface area contributed by atoms with Gasteiger partial charge in [0, 0.05) is 42.5 Å². The van der Waals surface area contributed by atoms with Gasteiger partial charge in [0.2, 0.25) is 0 Å². The molecular weight excluding hydrogens is 563 g/mol. The second-order valence-corrected chi connectivity index (χ2v) is 9.17. The predicted molar refractivity (Wildman–Crippen MR) is 140 cm³/mol. The molecule has 3 aromatic rings. The predicted octanol–water partition coefficient (Wildman–Crippen LogP) is 3.66. The van der Waals surface area contributed by atoms with Crippen molar-refractivity contribution in [3.8, 4) is 0 Å². The lowest BCUT2D eigenvalue weighted by molar-refractivity contribution is -0.384. The second-order valence-electron chi connectivity index (χ2n) is 9.17. The van der Waals surface area contributed by atoms with E-state index in [0.717, 1.165) is 40.1 Å². The smallest absolute Gasteiger partial charge is 0.323 e. The Morgan fingerprint density at radius 2 is 1.57 bits per heavy atom. The van der Waals surface area contributed by atoms with E-state index in [2.05, 4.69) is 10.6 Å². The van der Waals surface area contributed by atoms with Crippen molar-refractivity contribution in [1.82, 2.24) is 15.1 Å². The Hall–Kier alpha value is -5.47. The van der Waals surface area contributed by atoms with E-state index in [0.29, 0.717) is 6.07 Å². The van der Waals surface area contributed by atoms with Crippen LogP contribution in [-0.2, 0) is 9.59 Å². The fraction of sp³-hybridized carbons (Fsp3) is 0.185. The summed E-state index contributed by atoms with van der Waals surface area (Å²) in [6.07, 6.45) is -2.45. The Labute approximate surface area is 235 Å². The number of amides is 4. The van der Waals surface area contributed by atoms with E-state index in [1.807, 2.05) is 0 Å². The first kappa shape index (κ1) is 29.5. The van der Waals surface area contributed by atoms with Gasteiger partial charge >= 0.3 is 12.0 Å². The Morgan fingerprint density at radius 3 is 2.19 bits per heavy atom. The average Bonchev–Trinajstić information content (AvgIpc) is 3.38. The Bertz CT molecular complexity index is 1530. The number of nitrogens with zero attached hydrogens (tertiary/aromatic N) is 3. The number of non-ortho nitro benzene ring substituents is 1. The van der Waals surface area contributed by atoms with E-state index in [4.69, 9.17) is 0 Å². The second kappa shape index (κ2) is 12.4. The lowest BCUT2D eigenvalue weighted by Crippen LogP contribution is -2.55. The summed E-state index contributed by atoms with van der Waals surface area (Å²) >= 11 is 0. The van der Waals surface area contributed by atoms with E-state index in [9.17, 15) is 47.6 Å². The molecule has 12 nitrogen and oxygen atoms in total. The molecule has 1 saturated heterocycles. The zero-order chi connectivity index (χ0) is 30.6. The molecule has 4 rings (SSSR count). The summed E-state index contributed by atoms with van der Waals surface area (Å²) < 4.78 is 41.1. The number of carbonyl (C=O) groups is 4. The molecule has 3 aromatic carbocycles. The summed E-state index contributed by atoms with van der Waals surface area (Å²) in [5.41, 5.74) is -0.613. The van der Waals surface area contributed by atoms with Gasteiger partial charge in [-0.1, -0.05) is 12.1 Å². The van der Waals surface area contributed by atoms with Crippen LogP contribution in [0.5, 0.6) is 0 Å². The molecule has 0 aliphatic carbocycles. The van der Waals surface area contributed by atoms with Crippen LogP contribution in [0.3, 0.4) is 0 Å². The van der Waals surface area contributed by atoms with Crippen molar-refractivity contribution >= 4 is 35.2 Å². The standard InChI is InChI=1S/C27H22F3N5O7/c28-17-4-6-20(7-5-17)31-27(40)34-9-8-33(26(39)16-10-18(29)13-19(30)11-16)25(34)24(38)32-22(14-23(36)37)15-2-1-3-21(12-15)35(41)42/h1-7,10-13,22,25H,8-9,14H2,(H,31,40)(H,32,38)(H,36,37). The molecule has 1 heterocycles. The van der Waals surface area contributed by atoms with Gasteiger partial charge in [-0.25, -0.2) is 18.0 Å². The molecule has 0 spiro atoms. The maximum atomic E-state index is 13.9. The van der Waals surface area contributed by atoms with E-state index >= 15 is 0 Å². The van der Waals surface area contributed by atoms with Crippen molar-refractivity contribution in [3.05, 3.63) is 105 Å². The van der Waals surface area contributed by atoms with Crippen LogP contribution in [0.1, 0.15) is 28.4 Å². The highest BCUT2D eigenvalue weighted by molar-refractivity contribution is 6.00. The first-order valence-electron chi connectivity index (χ1n) is 12.3. The number of carbonyl (C=O) groups excluding carboxylic acids is 3. The largest absolute Gasteiger partial charge is 0.481 e. The molecule has 218 valence electrons.